The molecule has 106 valence electrons. The highest BCUT2D eigenvalue weighted by Gasteiger charge is 2.24. The monoisotopic (exact) mass is 336 g/mol. The number of benzene rings is 1. The number of carbonyl (C=O) groups is 1. The van der Waals surface area contributed by atoms with Crippen molar-refractivity contribution >= 4 is 21.9 Å². The summed E-state index contributed by atoms with van der Waals surface area (Å²) in [5.74, 6) is -0.221. The summed E-state index contributed by atoms with van der Waals surface area (Å²) in [5.41, 5.74) is 3.36. The van der Waals surface area contributed by atoms with Crippen molar-refractivity contribution in [3.63, 3.8) is 0 Å². The summed E-state index contributed by atoms with van der Waals surface area (Å²) >= 11 is 3.47. The Morgan fingerprint density at radius 2 is 1.90 bits per heavy atom. The van der Waals surface area contributed by atoms with Gasteiger partial charge in [-0.1, -0.05) is 31.5 Å². The molecule has 0 unspecified atom stereocenters. The molecule has 0 amide bonds. The third-order valence-corrected chi connectivity index (χ3v) is 3.85. The molecule has 1 aromatic carbocycles. The van der Waals surface area contributed by atoms with Crippen LogP contribution >= 0.6 is 15.9 Å². The molecule has 0 aliphatic rings. The van der Waals surface area contributed by atoms with Crippen molar-refractivity contribution in [3.8, 4) is 5.69 Å². The van der Waals surface area contributed by atoms with Gasteiger partial charge >= 0.3 is 5.97 Å². The third-order valence-electron chi connectivity index (χ3n) is 3.07. The van der Waals surface area contributed by atoms with Crippen LogP contribution in [0.5, 0.6) is 0 Å². The largest absolute Gasteiger partial charge is 0.464 e. The molecule has 0 bridgehead atoms. The number of nitrogens with zero attached hydrogens (tertiary/aromatic N) is 2. The van der Waals surface area contributed by atoms with Crippen LogP contribution in [0.4, 0.5) is 0 Å². The Labute approximate surface area is 126 Å². The van der Waals surface area contributed by atoms with Gasteiger partial charge in [0, 0.05) is 0 Å². The number of carbonyl (C=O) groups excluding carboxylic acids is 1. The summed E-state index contributed by atoms with van der Waals surface area (Å²) in [6.45, 7) is 6.16. The third kappa shape index (κ3) is 2.63. The van der Waals surface area contributed by atoms with E-state index in [9.17, 15) is 4.79 Å². The fourth-order valence-corrected chi connectivity index (χ4v) is 2.89. The highest BCUT2D eigenvalue weighted by Crippen LogP contribution is 2.30. The van der Waals surface area contributed by atoms with Gasteiger partial charge in [-0.05, 0) is 40.9 Å². The van der Waals surface area contributed by atoms with Crippen LogP contribution in [-0.4, -0.2) is 22.9 Å². The fourth-order valence-electron chi connectivity index (χ4n) is 2.02. The molecule has 0 N–H and O–H groups in total. The van der Waals surface area contributed by atoms with Gasteiger partial charge in [-0.3, -0.25) is 0 Å². The number of esters is 1. The molecular weight excluding hydrogens is 320 g/mol. The number of halogens is 1. The number of ether oxygens (including phenoxy) is 1. The van der Waals surface area contributed by atoms with Crippen molar-refractivity contribution in [2.75, 3.05) is 7.11 Å². The summed E-state index contributed by atoms with van der Waals surface area (Å²) in [5, 5.41) is 4.40. The molecule has 5 heteroatoms. The Bertz CT molecular complexity index is 630. The van der Waals surface area contributed by atoms with Crippen LogP contribution in [0.2, 0.25) is 0 Å². The summed E-state index contributed by atoms with van der Waals surface area (Å²) in [6, 6.07) is 8.02. The van der Waals surface area contributed by atoms with Gasteiger partial charge in [0.15, 0.2) is 5.69 Å². The van der Waals surface area contributed by atoms with Gasteiger partial charge < -0.3 is 4.74 Å². The lowest BCUT2D eigenvalue weighted by molar-refractivity contribution is 0.0592. The number of hydrogen-bond acceptors (Lipinski definition) is 3. The van der Waals surface area contributed by atoms with Crippen molar-refractivity contribution in [1.29, 1.82) is 0 Å². The predicted octanol–water partition coefficient (Wildman–Crippen LogP) is 3.85. The van der Waals surface area contributed by atoms with E-state index in [-0.39, 0.29) is 5.92 Å². The second kappa shape index (κ2) is 5.79. The minimum atomic E-state index is -0.440. The van der Waals surface area contributed by atoms with E-state index in [2.05, 4.69) is 34.9 Å². The van der Waals surface area contributed by atoms with Crippen molar-refractivity contribution in [1.82, 2.24) is 9.78 Å². The van der Waals surface area contributed by atoms with E-state index in [4.69, 9.17) is 4.74 Å². The van der Waals surface area contributed by atoms with E-state index < -0.39 is 5.97 Å². The van der Waals surface area contributed by atoms with Gasteiger partial charge in [0.05, 0.1) is 23.0 Å². The minimum Gasteiger partial charge on any atom is -0.464 e. The van der Waals surface area contributed by atoms with E-state index in [1.54, 1.807) is 4.68 Å². The zero-order valence-corrected chi connectivity index (χ0v) is 13.6. The quantitative estimate of drug-likeness (QED) is 0.799. The van der Waals surface area contributed by atoms with E-state index in [1.807, 2.05) is 31.2 Å². The lowest BCUT2D eigenvalue weighted by atomic mass is 10.1. The number of methoxy groups -OCH3 is 1. The smallest absolute Gasteiger partial charge is 0.359 e. The molecule has 20 heavy (non-hydrogen) atoms. The average Bonchev–Trinajstić information content (AvgIpc) is 2.76. The zero-order valence-electron chi connectivity index (χ0n) is 12.0. The van der Waals surface area contributed by atoms with Crippen LogP contribution in [-0.2, 0) is 4.74 Å². The van der Waals surface area contributed by atoms with Crippen molar-refractivity contribution in [3.05, 3.63) is 45.7 Å². The molecule has 0 spiro atoms. The van der Waals surface area contributed by atoms with Crippen molar-refractivity contribution < 1.29 is 9.53 Å². The molecule has 0 radical (unpaired) electrons. The first-order chi connectivity index (χ1) is 9.45. The minimum absolute atomic E-state index is 0.219. The number of aromatic nitrogens is 2. The summed E-state index contributed by atoms with van der Waals surface area (Å²) < 4.78 is 7.26. The number of rotatable bonds is 3. The Morgan fingerprint density at radius 3 is 2.40 bits per heavy atom. The van der Waals surface area contributed by atoms with Gasteiger partial charge in [0.2, 0.25) is 0 Å². The molecule has 0 saturated heterocycles. The summed E-state index contributed by atoms with van der Waals surface area (Å²) in [7, 11) is 1.36. The lowest BCUT2D eigenvalue weighted by Gasteiger charge is -2.10. The zero-order chi connectivity index (χ0) is 14.9. The first kappa shape index (κ1) is 14.8. The van der Waals surface area contributed by atoms with Gasteiger partial charge in [-0.25, -0.2) is 9.48 Å². The van der Waals surface area contributed by atoms with Crippen LogP contribution in [0.1, 0.15) is 41.5 Å². The van der Waals surface area contributed by atoms with Crippen molar-refractivity contribution in [2.45, 2.75) is 26.7 Å². The highest BCUT2D eigenvalue weighted by molar-refractivity contribution is 9.10. The van der Waals surface area contributed by atoms with E-state index in [1.165, 1.54) is 12.7 Å². The topological polar surface area (TPSA) is 44.1 Å². The Morgan fingerprint density at radius 1 is 1.30 bits per heavy atom. The fraction of sp³-hybridized carbons (Fsp3) is 0.333. The first-order valence-electron chi connectivity index (χ1n) is 6.39. The van der Waals surface area contributed by atoms with E-state index in [0.717, 1.165) is 11.4 Å². The molecule has 1 heterocycles. The van der Waals surface area contributed by atoms with Gasteiger partial charge in [-0.2, -0.15) is 5.10 Å². The molecule has 0 saturated carbocycles. The number of hydrogen-bond donors (Lipinski definition) is 0. The Hall–Kier alpha value is -1.62. The van der Waals surface area contributed by atoms with Crippen molar-refractivity contribution in [2.24, 2.45) is 0 Å². The van der Waals surface area contributed by atoms with Crippen LogP contribution in [0.25, 0.3) is 5.69 Å². The maximum atomic E-state index is 11.8. The molecule has 0 atom stereocenters. The Balaban J connectivity index is 2.62. The standard InChI is InChI=1S/C15H17BrN2O2/c1-9(2)14-12(16)13(15(19)20-4)17-18(14)11-7-5-10(3)6-8-11/h5-9H,1-4H3. The summed E-state index contributed by atoms with van der Waals surface area (Å²) in [4.78, 5) is 11.8. The molecule has 0 aliphatic heterocycles. The van der Waals surface area contributed by atoms with Gasteiger partial charge in [-0.15, -0.1) is 0 Å². The van der Waals surface area contributed by atoms with Gasteiger partial charge in [0.25, 0.3) is 0 Å². The second-order valence-corrected chi connectivity index (χ2v) is 5.73. The molecule has 0 fully saturated rings. The predicted molar refractivity (Wildman–Crippen MR) is 81.4 cm³/mol. The van der Waals surface area contributed by atoms with E-state index >= 15 is 0 Å². The Kier molecular flexibility index (Phi) is 4.28. The van der Waals surface area contributed by atoms with E-state index in [0.29, 0.717) is 10.2 Å². The maximum Gasteiger partial charge on any atom is 0.359 e. The SMILES string of the molecule is COC(=O)c1nn(-c2ccc(C)cc2)c(C(C)C)c1Br. The van der Waals surface area contributed by atoms with Crippen LogP contribution in [0, 0.1) is 6.92 Å². The van der Waals surface area contributed by atoms with Gasteiger partial charge in [0.1, 0.15) is 0 Å². The molecular formula is C15H17BrN2O2. The second-order valence-electron chi connectivity index (χ2n) is 4.94. The average molecular weight is 337 g/mol. The molecule has 0 aliphatic carbocycles. The lowest BCUT2D eigenvalue weighted by Crippen LogP contribution is -2.05. The van der Waals surface area contributed by atoms with Crippen LogP contribution in [0.15, 0.2) is 28.7 Å². The van der Waals surface area contributed by atoms with Crippen LogP contribution in [0.3, 0.4) is 0 Å². The normalized spacial score (nSPS) is 10.9. The molecule has 1 aromatic heterocycles. The highest BCUT2D eigenvalue weighted by atomic mass is 79.9. The maximum absolute atomic E-state index is 11.8. The molecule has 2 aromatic rings. The molecule has 4 nitrogen and oxygen atoms in total. The first-order valence-corrected chi connectivity index (χ1v) is 7.18. The summed E-state index contributed by atoms with van der Waals surface area (Å²) in [6.07, 6.45) is 0. The number of aryl methyl sites for hydroxylation is 1. The molecule has 2 rings (SSSR count). The van der Waals surface area contributed by atoms with Crippen LogP contribution < -0.4 is 0 Å².